The third-order valence-electron chi connectivity index (χ3n) is 7.43. The third-order valence-corrected chi connectivity index (χ3v) is 7.43. The molecule has 0 atom stereocenters. The molecule has 0 N–H and O–H groups in total. The van der Waals surface area contributed by atoms with Crippen LogP contribution in [0.15, 0.2) is 0 Å². The summed E-state index contributed by atoms with van der Waals surface area (Å²) in [6.07, 6.45) is 31.1. The Hall–Kier alpha value is -0.330. The van der Waals surface area contributed by atoms with E-state index < -0.39 is 0 Å². The van der Waals surface area contributed by atoms with Gasteiger partial charge in [-0.2, -0.15) is 0 Å². The van der Waals surface area contributed by atoms with Gasteiger partial charge >= 0.3 is 0 Å². The molecule has 0 radical (unpaired) electrons. The monoisotopic (exact) mass is 450 g/mol. The first-order chi connectivity index (χ1) is 15.7. The Labute approximate surface area is 204 Å². The van der Waals surface area contributed by atoms with Crippen LogP contribution in [0.2, 0.25) is 0 Å². The van der Waals surface area contributed by atoms with Crippen LogP contribution in [0, 0.1) is 11.8 Å². The van der Waals surface area contributed by atoms with E-state index in [2.05, 4.69) is 27.7 Å². The Morgan fingerprint density at radius 3 is 0.812 bits per heavy atom. The molecule has 0 saturated carbocycles. The summed E-state index contributed by atoms with van der Waals surface area (Å²) in [4.78, 5) is 13.7. The average Bonchev–Trinajstić information content (AvgIpc) is 2.80. The van der Waals surface area contributed by atoms with Crippen LogP contribution < -0.4 is 0 Å². The molecule has 192 valence electrons. The molecule has 0 aliphatic rings. The van der Waals surface area contributed by atoms with Crippen molar-refractivity contribution < 1.29 is 4.79 Å². The number of ketones is 1. The SMILES string of the molecule is CCCCCCCC(CCCCCCC)C(=O)C(CCCCCCC)CCCCCCC. The summed E-state index contributed by atoms with van der Waals surface area (Å²) in [7, 11) is 0. The molecule has 32 heavy (non-hydrogen) atoms. The van der Waals surface area contributed by atoms with Crippen LogP contribution in [0.25, 0.3) is 0 Å². The first-order valence-electron chi connectivity index (χ1n) is 15.2. The maximum Gasteiger partial charge on any atom is 0.139 e. The second-order valence-corrected chi connectivity index (χ2v) is 10.6. The fraction of sp³-hybridized carbons (Fsp3) is 0.968. The summed E-state index contributed by atoms with van der Waals surface area (Å²) in [6.45, 7) is 9.14. The molecule has 1 heteroatoms. The molecule has 0 aromatic rings. The van der Waals surface area contributed by atoms with Crippen LogP contribution in [-0.2, 0) is 4.79 Å². The van der Waals surface area contributed by atoms with Crippen LogP contribution in [0.1, 0.15) is 182 Å². The minimum atomic E-state index is 0.356. The summed E-state index contributed by atoms with van der Waals surface area (Å²) >= 11 is 0. The van der Waals surface area contributed by atoms with E-state index in [0.29, 0.717) is 17.6 Å². The molecule has 0 saturated heterocycles. The lowest BCUT2D eigenvalue weighted by molar-refractivity contribution is -0.128. The van der Waals surface area contributed by atoms with Crippen molar-refractivity contribution in [2.75, 3.05) is 0 Å². The van der Waals surface area contributed by atoms with Crippen molar-refractivity contribution in [1.29, 1.82) is 0 Å². The number of carbonyl (C=O) groups excluding carboxylic acids is 1. The zero-order valence-electron chi connectivity index (χ0n) is 23.0. The number of hydrogen-bond acceptors (Lipinski definition) is 1. The predicted octanol–water partition coefficient (Wildman–Crippen LogP) is 11.2. The fourth-order valence-electron chi connectivity index (χ4n) is 5.17. The van der Waals surface area contributed by atoms with E-state index in [1.54, 1.807) is 0 Å². The summed E-state index contributed by atoms with van der Waals surface area (Å²) in [6, 6.07) is 0. The number of unbranched alkanes of at least 4 members (excludes halogenated alkanes) is 16. The summed E-state index contributed by atoms with van der Waals surface area (Å²) in [5.41, 5.74) is 0. The van der Waals surface area contributed by atoms with E-state index >= 15 is 0 Å². The van der Waals surface area contributed by atoms with E-state index in [1.807, 2.05) is 0 Å². The molecule has 0 heterocycles. The Morgan fingerprint density at radius 1 is 0.375 bits per heavy atom. The molecule has 0 bridgehead atoms. The van der Waals surface area contributed by atoms with Crippen LogP contribution >= 0.6 is 0 Å². The summed E-state index contributed by atoms with van der Waals surface area (Å²) in [5.74, 6) is 1.38. The molecular weight excluding hydrogens is 388 g/mol. The third kappa shape index (κ3) is 19.2. The average molecular weight is 451 g/mol. The van der Waals surface area contributed by atoms with Gasteiger partial charge in [-0.25, -0.2) is 0 Å². The molecule has 0 rings (SSSR count). The van der Waals surface area contributed by atoms with Gasteiger partial charge in [-0.1, -0.05) is 156 Å². The molecule has 0 amide bonds. The smallest absolute Gasteiger partial charge is 0.139 e. The van der Waals surface area contributed by atoms with Crippen molar-refractivity contribution in [2.45, 2.75) is 182 Å². The molecule has 0 aromatic heterocycles. The van der Waals surface area contributed by atoms with Gasteiger partial charge < -0.3 is 0 Å². The van der Waals surface area contributed by atoms with Gasteiger partial charge in [-0.15, -0.1) is 0 Å². The van der Waals surface area contributed by atoms with Crippen LogP contribution in [0.3, 0.4) is 0 Å². The highest BCUT2D eigenvalue weighted by atomic mass is 16.1. The fourth-order valence-corrected chi connectivity index (χ4v) is 5.17. The number of rotatable bonds is 26. The van der Waals surface area contributed by atoms with E-state index in [1.165, 1.54) is 154 Å². The van der Waals surface area contributed by atoms with Crippen LogP contribution in [-0.4, -0.2) is 5.78 Å². The maximum absolute atomic E-state index is 13.7. The predicted molar refractivity (Wildman–Crippen MR) is 145 cm³/mol. The first kappa shape index (κ1) is 31.7. The molecule has 0 aliphatic carbocycles. The highest BCUT2D eigenvalue weighted by Crippen LogP contribution is 2.28. The second-order valence-electron chi connectivity index (χ2n) is 10.6. The largest absolute Gasteiger partial charge is 0.299 e. The van der Waals surface area contributed by atoms with Crippen LogP contribution in [0.5, 0.6) is 0 Å². The minimum absolute atomic E-state index is 0.356. The zero-order chi connectivity index (χ0) is 23.7. The van der Waals surface area contributed by atoms with Crippen molar-refractivity contribution in [3.63, 3.8) is 0 Å². The number of carbonyl (C=O) groups is 1. The van der Waals surface area contributed by atoms with Gasteiger partial charge in [0.2, 0.25) is 0 Å². The molecule has 0 aromatic carbocycles. The van der Waals surface area contributed by atoms with E-state index in [-0.39, 0.29) is 0 Å². The second kappa shape index (κ2) is 25.3. The number of Topliss-reactive ketones (excluding diaryl/α,β-unsaturated/α-hetero) is 1. The number of hydrogen-bond donors (Lipinski definition) is 0. The van der Waals surface area contributed by atoms with Crippen molar-refractivity contribution in [3.05, 3.63) is 0 Å². The lowest BCUT2D eigenvalue weighted by Crippen LogP contribution is -2.24. The Kier molecular flexibility index (Phi) is 25.0. The molecule has 0 spiro atoms. The lowest BCUT2D eigenvalue weighted by Gasteiger charge is -2.23. The first-order valence-corrected chi connectivity index (χ1v) is 15.2. The van der Waals surface area contributed by atoms with Gasteiger partial charge in [0.15, 0.2) is 0 Å². The highest BCUT2D eigenvalue weighted by molar-refractivity contribution is 5.83. The van der Waals surface area contributed by atoms with Gasteiger partial charge in [0, 0.05) is 11.8 Å². The van der Waals surface area contributed by atoms with Gasteiger partial charge in [-0.05, 0) is 25.7 Å². The van der Waals surface area contributed by atoms with Crippen molar-refractivity contribution in [3.8, 4) is 0 Å². The Balaban J connectivity index is 4.78. The molecular formula is C31H62O. The Morgan fingerprint density at radius 2 is 0.594 bits per heavy atom. The summed E-state index contributed by atoms with van der Waals surface area (Å²) in [5, 5.41) is 0. The lowest BCUT2D eigenvalue weighted by atomic mass is 9.80. The molecule has 1 nitrogen and oxygen atoms in total. The van der Waals surface area contributed by atoms with Crippen molar-refractivity contribution in [1.82, 2.24) is 0 Å². The van der Waals surface area contributed by atoms with E-state index in [9.17, 15) is 4.79 Å². The van der Waals surface area contributed by atoms with E-state index in [0.717, 1.165) is 0 Å². The zero-order valence-corrected chi connectivity index (χ0v) is 23.0. The van der Waals surface area contributed by atoms with Crippen molar-refractivity contribution in [2.24, 2.45) is 11.8 Å². The van der Waals surface area contributed by atoms with Gasteiger partial charge in [0.05, 0.1) is 0 Å². The Bertz CT molecular complexity index is 313. The standard InChI is InChI=1S/C31H62O/c1-5-9-13-17-21-25-29(26-22-18-14-10-6-2)31(32)30(27-23-19-15-11-7-3)28-24-20-16-12-8-4/h29-30H,5-28H2,1-4H3. The van der Waals surface area contributed by atoms with Gasteiger partial charge in [0.1, 0.15) is 5.78 Å². The highest BCUT2D eigenvalue weighted by Gasteiger charge is 2.25. The molecule has 0 fully saturated rings. The van der Waals surface area contributed by atoms with E-state index in [4.69, 9.17) is 0 Å². The maximum atomic E-state index is 13.7. The molecule has 0 aliphatic heterocycles. The quantitative estimate of drug-likeness (QED) is 0.120. The molecule has 0 unspecified atom stereocenters. The van der Waals surface area contributed by atoms with Crippen LogP contribution in [0.4, 0.5) is 0 Å². The van der Waals surface area contributed by atoms with Gasteiger partial charge in [-0.3, -0.25) is 4.79 Å². The topological polar surface area (TPSA) is 17.1 Å². The normalized spacial score (nSPS) is 11.7. The summed E-state index contributed by atoms with van der Waals surface area (Å²) < 4.78 is 0. The van der Waals surface area contributed by atoms with Crippen molar-refractivity contribution >= 4 is 5.78 Å². The minimum Gasteiger partial charge on any atom is -0.299 e. The van der Waals surface area contributed by atoms with Gasteiger partial charge in [0.25, 0.3) is 0 Å².